The van der Waals surface area contributed by atoms with E-state index >= 15 is 0 Å². The Kier molecular flexibility index (Phi) is 2.42. The summed E-state index contributed by atoms with van der Waals surface area (Å²) in [5, 5.41) is 8.50. The number of aliphatic hydroxyl groups is 1. The lowest BCUT2D eigenvalue weighted by Gasteiger charge is -2.05. The van der Waals surface area contributed by atoms with Gasteiger partial charge in [0.15, 0.2) is 0 Å². The Bertz CT molecular complexity index is 355. The van der Waals surface area contributed by atoms with Crippen LogP contribution in [0.1, 0.15) is 11.3 Å². The molecule has 0 unspecified atom stereocenters. The van der Waals surface area contributed by atoms with E-state index in [1.165, 1.54) is 0 Å². The van der Waals surface area contributed by atoms with Crippen LogP contribution in [0.4, 0.5) is 13.2 Å². The van der Waals surface area contributed by atoms with Gasteiger partial charge in [0, 0.05) is 5.69 Å². The standard InChI is InChI=1S/C7H6F3NO2/c8-7(9,10)5-2-1-4(3-12)11-6(5)13/h1-2,12H,3H2,(H,11,13). The largest absolute Gasteiger partial charge is 0.421 e. The normalized spacial score (nSPS) is 11.7. The van der Waals surface area contributed by atoms with Crippen molar-refractivity contribution >= 4 is 0 Å². The smallest absolute Gasteiger partial charge is 0.390 e. The summed E-state index contributed by atoms with van der Waals surface area (Å²) >= 11 is 0. The fourth-order valence-corrected chi connectivity index (χ4v) is 0.830. The van der Waals surface area contributed by atoms with Crippen molar-refractivity contribution in [2.45, 2.75) is 12.8 Å². The molecule has 1 heterocycles. The first-order chi connectivity index (χ1) is 5.95. The van der Waals surface area contributed by atoms with Crippen LogP contribution in [0.25, 0.3) is 0 Å². The molecule has 1 aromatic rings. The van der Waals surface area contributed by atoms with Gasteiger partial charge in [-0.15, -0.1) is 0 Å². The number of aromatic nitrogens is 1. The Labute approximate surface area is 70.8 Å². The zero-order valence-electron chi connectivity index (χ0n) is 6.35. The highest BCUT2D eigenvalue weighted by Crippen LogP contribution is 2.25. The van der Waals surface area contributed by atoms with Crippen LogP contribution in [0.3, 0.4) is 0 Å². The van der Waals surface area contributed by atoms with Gasteiger partial charge in [-0.3, -0.25) is 4.79 Å². The first kappa shape index (κ1) is 9.79. The highest BCUT2D eigenvalue weighted by Gasteiger charge is 2.33. The number of alkyl halides is 3. The lowest BCUT2D eigenvalue weighted by atomic mass is 10.2. The molecule has 6 heteroatoms. The number of nitrogens with one attached hydrogen (secondary N) is 1. The van der Waals surface area contributed by atoms with Gasteiger partial charge in [0.25, 0.3) is 5.56 Å². The summed E-state index contributed by atoms with van der Waals surface area (Å²) in [6.07, 6.45) is -4.65. The Balaban J connectivity index is 3.21. The van der Waals surface area contributed by atoms with Crippen LogP contribution in [0, 0.1) is 0 Å². The molecule has 13 heavy (non-hydrogen) atoms. The van der Waals surface area contributed by atoms with Crippen molar-refractivity contribution in [3.8, 4) is 0 Å². The Morgan fingerprint density at radius 2 is 2.00 bits per heavy atom. The van der Waals surface area contributed by atoms with Gasteiger partial charge in [0.2, 0.25) is 0 Å². The summed E-state index contributed by atoms with van der Waals surface area (Å²) in [7, 11) is 0. The van der Waals surface area contributed by atoms with Gasteiger partial charge in [0.05, 0.1) is 6.61 Å². The van der Waals surface area contributed by atoms with E-state index in [1.54, 1.807) is 0 Å². The first-order valence-corrected chi connectivity index (χ1v) is 3.35. The maximum Gasteiger partial charge on any atom is 0.421 e. The topological polar surface area (TPSA) is 53.1 Å². The third-order valence-corrected chi connectivity index (χ3v) is 1.45. The predicted molar refractivity (Wildman–Crippen MR) is 38.0 cm³/mol. The van der Waals surface area contributed by atoms with Crippen LogP contribution in [-0.4, -0.2) is 10.1 Å². The molecular formula is C7H6F3NO2. The molecule has 0 amide bonds. The average Bonchev–Trinajstić information content (AvgIpc) is 2.01. The molecule has 72 valence electrons. The number of aromatic amines is 1. The number of aliphatic hydroxyl groups excluding tert-OH is 1. The van der Waals surface area contributed by atoms with E-state index in [4.69, 9.17) is 5.11 Å². The lowest BCUT2D eigenvalue weighted by molar-refractivity contribution is -0.138. The van der Waals surface area contributed by atoms with Crippen LogP contribution in [0.2, 0.25) is 0 Å². The van der Waals surface area contributed by atoms with Crippen LogP contribution in [0.5, 0.6) is 0 Å². The summed E-state index contributed by atoms with van der Waals surface area (Å²) in [5.41, 5.74) is -2.44. The lowest BCUT2D eigenvalue weighted by Crippen LogP contribution is -2.22. The average molecular weight is 193 g/mol. The van der Waals surface area contributed by atoms with Gasteiger partial charge in [-0.2, -0.15) is 13.2 Å². The highest BCUT2D eigenvalue weighted by molar-refractivity contribution is 5.16. The zero-order valence-corrected chi connectivity index (χ0v) is 6.35. The minimum atomic E-state index is -4.65. The Hall–Kier alpha value is -1.30. The third-order valence-electron chi connectivity index (χ3n) is 1.45. The first-order valence-electron chi connectivity index (χ1n) is 3.35. The highest BCUT2D eigenvalue weighted by atomic mass is 19.4. The number of hydrogen-bond acceptors (Lipinski definition) is 2. The SMILES string of the molecule is O=c1[nH]c(CO)ccc1C(F)(F)F. The number of pyridine rings is 1. The molecule has 0 spiro atoms. The quantitative estimate of drug-likeness (QED) is 0.695. The van der Waals surface area contributed by atoms with E-state index in [1.807, 2.05) is 4.98 Å². The molecule has 3 nitrogen and oxygen atoms in total. The third kappa shape index (κ3) is 2.09. The van der Waals surface area contributed by atoms with Crippen LogP contribution in [-0.2, 0) is 12.8 Å². The Morgan fingerprint density at radius 1 is 1.38 bits per heavy atom. The van der Waals surface area contributed by atoms with Crippen molar-refractivity contribution < 1.29 is 18.3 Å². The number of rotatable bonds is 1. The van der Waals surface area contributed by atoms with Crippen molar-refractivity contribution in [1.29, 1.82) is 0 Å². The van der Waals surface area contributed by atoms with E-state index in [0.717, 1.165) is 6.07 Å². The van der Waals surface area contributed by atoms with Gasteiger partial charge >= 0.3 is 6.18 Å². The van der Waals surface area contributed by atoms with Gasteiger partial charge in [-0.25, -0.2) is 0 Å². The fourth-order valence-electron chi connectivity index (χ4n) is 0.830. The molecule has 2 N–H and O–H groups in total. The molecule has 0 aromatic carbocycles. The van der Waals surface area contributed by atoms with Crippen LogP contribution >= 0.6 is 0 Å². The molecule has 0 fully saturated rings. The minimum absolute atomic E-state index is 0.0537. The molecule has 0 aliphatic carbocycles. The number of halogens is 3. The second-order valence-electron chi connectivity index (χ2n) is 2.38. The molecule has 0 saturated carbocycles. The van der Waals surface area contributed by atoms with E-state index < -0.39 is 23.9 Å². The van der Waals surface area contributed by atoms with Gasteiger partial charge in [0.1, 0.15) is 5.56 Å². The van der Waals surface area contributed by atoms with Gasteiger partial charge < -0.3 is 10.1 Å². The van der Waals surface area contributed by atoms with E-state index in [0.29, 0.717) is 6.07 Å². The molecule has 0 atom stereocenters. The van der Waals surface area contributed by atoms with E-state index in [-0.39, 0.29) is 5.69 Å². The summed E-state index contributed by atoms with van der Waals surface area (Å²) in [5.74, 6) is 0. The summed E-state index contributed by atoms with van der Waals surface area (Å²) in [6.45, 7) is -0.493. The minimum Gasteiger partial charge on any atom is -0.390 e. The van der Waals surface area contributed by atoms with Crippen LogP contribution < -0.4 is 5.56 Å². The maximum absolute atomic E-state index is 12.0. The van der Waals surface area contributed by atoms with Crippen molar-refractivity contribution in [2.75, 3.05) is 0 Å². The molecule has 0 aliphatic heterocycles. The van der Waals surface area contributed by atoms with Crippen molar-refractivity contribution in [3.05, 3.63) is 33.7 Å². The number of hydrogen-bond donors (Lipinski definition) is 2. The predicted octanol–water partition coefficient (Wildman–Crippen LogP) is 0.886. The second-order valence-corrected chi connectivity index (χ2v) is 2.38. The zero-order chi connectivity index (χ0) is 10.1. The Morgan fingerprint density at radius 3 is 2.38 bits per heavy atom. The van der Waals surface area contributed by atoms with Crippen molar-refractivity contribution in [3.63, 3.8) is 0 Å². The van der Waals surface area contributed by atoms with Gasteiger partial charge in [-0.05, 0) is 12.1 Å². The van der Waals surface area contributed by atoms with Crippen molar-refractivity contribution in [1.82, 2.24) is 4.98 Å². The molecule has 0 bridgehead atoms. The van der Waals surface area contributed by atoms with E-state index in [9.17, 15) is 18.0 Å². The van der Waals surface area contributed by atoms with Gasteiger partial charge in [-0.1, -0.05) is 0 Å². The van der Waals surface area contributed by atoms with E-state index in [2.05, 4.69) is 0 Å². The second kappa shape index (κ2) is 3.21. The number of H-pyrrole nitrogens is 1. The summed E-state index contributed by atoms with van der Waals surface area (Å²) in [6, 6.07) is 1.66. The fraction of sp³-hybridized carbons (Fsp3) is 0.286. The molecule has 0 aliphatic rings. The summed E-state index contributed by atoms with van der Waals surface area (Å²) < 4.78 is 36.0. The molecule has 1 aromatic heterocycles. The molecule has 0 saturated heterocycles. The van der Waals surface area contributed by atoms with Crippen molar-refractivity contribution in [2.24, 2.45) is 0 Å². The maximum atomic E-state index is 12.0. The molecule has 1 rings (SSSR count). The molecule has 0 radical (unpaired) electrons. The van der Waals surface area contributed by atoms with Crippen LogP contribution in [0.15, 0.2) is 16.9 Å². The molecular weight excluding hydrogens is 187 g/mol. The monoisotopic (exact) mass is 193 g/mol. The summed E-state index contributed by atoms with van der Waals surface area (Å²) in [4.78, 5) is 12.7.